The maximum absolute atomic E-state index is 13.5. The molecule has 3 aromatic rings. The van der Waals surface area contributed by atoms with Gasteiger partial charge in [-0.2, -0.15) is 4.98 Å². The van der Waals surface area contributed by atoms with Gasteiger partial charge in [-0.15, -0.1) is 0 Å². The Morgan fingerprint density at radius 3 is 2.73 bits per heavy atom. The lowest BCUT2D eigenvalue weighted by Crippen LogP contribution is -2.36. The Balaban J connectivity index is 1.90. The van der Waals surface area contributed by atoms with Crippen LogP contribution in [0.15, 0.2) is 46.2 Å². The molecule has 1 atom stereocenters. The number of aryl methyl sites for hydroxylation is 1. The quantitative estimate of drug-likeness (QED) is 0.299. The van der Waals surface area contributed by atoms with Crippen molar-refractivity contribution in [2.75, 3.05) is 0 Å². The summed E-state index contributed by atoms with van der Waals surface area (Å²) >= 11 is 18.8. The Morgan fingerprint density at radius 2 is 2.03 bits per heavy atom. The van der Waals surface area contributed by atoms with Crippen molar-refractivity contribution < 1.29 is 9.53 Å². The summed E-state index contributed by atoms with van der Waals surface area (Å²) in [4.78, 5) is 33.0. The molecule has 3 heterocycles. The molecule has 6 nitrogen and oxygen atoms in total. The molecule has 4 rings (SSSR count). The molecule has 1 aliphatic rings. The van der Waals surface area contributed by atoms with Crippen LogP contribution in [-0.2, 0) is 4.79 Å². The summed E-state index contributed by atoms with van der Waals surface area (Å²) in [6.07, 6.45) is 3.87. The van der Waals surface area contributed by atoms with Crippen LogP contribution in [0.2, 0.25) is 10.0 Å². The fraction of sp³-hybridized carbons (Fsp3) is 0.217. The van der Waals surface area contributed by atoms with Gasteiger partial charge in [0.15, 0.2) is 0 Å². The topological polar surface area (TPSA) is 63.9 Å². The number of pyridine rings is 1. The van der Waals surface area contributed by atoms with E-state index in [1.165, 1.54) is 16.5 Å². The fourth-order valence-electron chi connectivity index (χ4n) is 3.33. The van der Waals surface area contributed by atoms with Crippen LogP contribution in [0.5, 0.6) is 11.6 Å². The molecule has 0 radical (unpaired) electrons. The molecular formula is C23H19Cl2N3O3S2. The van der Waals surface area contributed by atoms with Gasteiger partial charge in [0.05, 0.1) is 9.93 Å². The summed E-state index contributed by atoms with van der Waals surface area (Å²) in [6.45, 7) is 5.76. The molecule has 170 valence electrons. The highest BCUT2D eigenvalue weighted by Gasteiger charge is 2.35. The average molecular weight is 520 g/mol. The Labute approximate surface area is 210 Å². The second-order valence-electron chi connectivity index (χ2n) is 7.51. The Kier molecular flexibility index (Phi) is 6.81. The van der Waals surface area contributed by atoms with Crippen LogP contribution >= 0.6 is 47.2 Å². The number of rotatable bonds is 5. The van der Waals surface area contributed by atoms with E-state index in [1.807, 2.05) is 26.8 Å². The number of halogens is 2. The number of hydrogen-bond donors (Lipinski definition) is 0. The third-order valence-corrected chi connectivity index (χ3v) is 7.14. The predicted octanol–water partition coefficient (Wildman–Crippen LogP) is 6.10. The third kappa shape index (κ3) is 4.53. The van der Waals surface area contributed by atoms with Gasteiger partial charge >= 0.3 is 0 Å². The highest BCUT2D eigenvalue weighted by Crippen LogP contribution is 2.37. The van der Waals surface area contributed by atoms with Gasteiger partial charge in [0, 0.05) is 17.3 Å². The Hall–Kier alpha value is -2.39. The molecule has 1 amide bonds. The predicted molar refractivity (Wildman–Crippen MR) is 137 cm³/mol. The largest absolute Gasteiger partial charge is 0.437 e. The van der Waals surface area contributed by atoms with Crippen molar-refractivity contribution in [2.24, 2.45) is 0 Å². The van der Waals surface area contributed by atoms with Gasteiger partial charge in [-0.05, 0) is 56.2 Å². The first-order valence-electron chi connectivity index (χ1n) is 10.1. The van der Waals surface area contributed by atoms with E-state index in [2.05, 4.69) is 4.98 Å². The SMILES string of the molecule is CCC(C)N1C(=O)/C(=C\c2c(Oc3ccc(Cl)cc3Cl)nc3c(C)cccn3c2=O)SC1=S. The number of nitrogens with zero attached hydrogens (tertiary/aromatic N) is 3. The van der Waals surface area contributed by atoms with Gasteiger partial charge in [0.2, 0.25) is 5.88 Å². The van der Waals surface area contributed by atoms with Gasteiger partial charge in [-0.3, -0.25) is 18.9 Å². The van der Waals surface area contributed by atoms with Crippen LogP contribution in [0.1, 0.15) is 31.4 Å². The highest BCUT2D eigenvalue weighted by atomic mass is 35.5. The molecular weight excluding hydrogens is 501 g/mol. The van der Waals surface area contributed by atoms with E-state index in [0.717, 1.165) is 23.7 Å². The van der Waals surface area contributed by atoms with Crippen LogP contribution in [0.25, 0.3) is 11.7 Å². The van der Waals surface area contributed by atoms with E-state index in [9.17, 15) is 9.59 Å². The lowest BCUT2D eigenvalue weighted by molar-refractivity contribution is -0.123. The van der Waals surface area contributed by atoms with Gasteiger partial charge < -0.3 is 4.74 Å². The molecule has 0 bridgehead atoms. The van der Waals surface area contributed by atoms with E-state index >= 15 is 0 Å². The summed E-state index contributed by atoms with van der Waals surface area (Å²) in [7, 11) is 0. The zero-order valence-corrected chi connectivity index (χ0v) is 21.1. The van der Waals surface area contributed by atoms with Gasteiger partial charge in [0.1, 0.15) is 21.3 Å². The summed E-state index contributed by atoms with van der Waals surface area (Å²) in [5, 5.41) is 0.715. The number of thiocarbonyl (C=S) groups is 1. The van der Waals surface area contributed by atoms with Crippen LogP contribution in [0.3, 0.4) is 0 Å². The normalized spacial score (nSPS) is 16.2. The molecule has 1 aliphatic heterocycles. The summed E-state index contributed by atoms with van der Waals surface area (Å²) in [5.41, 5.74) is 0.967. The number of thioether (sulfide) groups is 1. The zero-order chi connectivity index (χ0) is 23.9. The monoisotopic (exact) mass is 519 g/mol. The highest BCUT2D eigenvalue weighted by molar-refractivity contribution is 8.26. The summed E-state index contributed by atoms with van der Waals surface area (Å²) < 4.78 is 7.86. The van der Waals surface area contributed by atoms with Crippen molar-refractivity contribution in [1.29, 1.82) is 0 Å². The molecule has 1 unspecified atom stereocenters. The standard InChI is InChI=1S/C23H19Cl2N3O3S2/c1-4-13(3)28-22(30)18(33-23(28)32)11-15-20(31-17-8-7-14(24)10-16(17)25)26-19-12(2)6-5-9-27(19)21(15)29/h5-11,13H,4H2,1-3H3/b18-11+. The lowest BCUT2D eigenvalue weighted by Gasteiger charge is -2.21. The summed E-state index contributed by atoms with van der Waals surface area (Å²) in [5.74, 6) is 0.0728. The number of benzene rings is 1. The van der Waals surface area contributed by atoms with Crippen molar-refractivity contribution >= 4 is 69.1 Å². The molecule has 10 heteroatoms. The molecule has 0 N–H and O–H groups in total. The first-order chi connectivity index (χ1) is 15.7. The van der Waals surface area contributed by atoms with Crippen molar-refractivity contribution in [3.63, 3.8) is 0 Å². The minimum Gasteiger partial charge on any atom is -0.437 e. The molecule has 1 fully saturated rings. The molecule has 1 aromatic carbocycles. The van der Waals surface area contributed by atoms with Gasteiger partial charge in [-0.1, -0.05) is 60.2 Å². The Morgan fingerprint density at radius 1 is 1.27 bits per heavy atom. The number of amides is 1. The summed E-state index contributed by atoms with van der Waals surface area (Å²) in [6, 6.07) is 8.31. The number of carbonyl (C=O) groups excluding carboxylic acids is 1. The van der Waals surface area contributed by atoms with Crippen molar-refractivity contribution in [3.05, 3.63) is 73.0 Å². The van der Waals surface area contributed by atoms with E-state index < -0.39 is 0 Å². The van der Waals surface area contributed by atoms with E-state index in [-0.39, 0.29) is 39.7 Å². The molecule has 0 spiro atoms. The van der Waals surface area contributed by atoms with Crippen molar-refractivity contribution in [3.8, 4) is 11.6 Å². The number of aromatic nitrogens is 2. The van der Waals surface area contributed by atoms with Crippen LogP contribution in [0, 0.1) is 6.92 Å². The first kappa shape index (κ1) is 23.8. The number of fused-ring (bicyclic) bond motifs is 1. The van der Waals surface area contributed by atoms with Gasteiger partial charge in [-0.25, -0.2) is 0 Å². The number of carbonyl (C=O) groups is 1. The molecule has 2 aromatic heterocycles. The second kappa shape index (κ2) is 9.46. The van der Waals surface area contributed by atoms with Crippen LogP contribution < -0.4 is 10.3 Å². The number of ether oxygens (including phenoxy) is 1. The average Bonchev–Trinajstić information content (AvgIpc) is 3.05. The second-order valence-corrected chi connectivity index (χ2v) is 10.0. The maximum atomic E-state index is 13.5. The maximum Gasteiger partial charge on any atom is 0.269 e. The fourth-order valence-corrected chi connectivity index (χ4v) is 5.22. The van der Waals surface area contributed by atoms with Crippen LogP contribution in [0.4, 0.5) is 0 Å². The van der Waals surface area contributed by atoms with E-state index in [1.54, 1.807) is 29.3 Å². The van der Waals surface area contributed by atoms with E-state index in [4.69, 9.17) is 40.2 Å². The molecule has 33 heavy (non-hydrogen) atoms. The van der Waals surface area contributed by atoms with Crippen LogP contribution in [-0.4, -0.2) is 30.6 Å². The first-order valence-corrected chi connectivity index (χ1v) is 12.1. The molecule has 0 aliphatic carbocycles. The van der Waals surface area contributed by atoms with Gasteiger partial charge in [0.25, 0.3) is 11.5 Å². The smallest absolute Gasteiger partial charge is 0.269 e. The lowest BCUT2D eigenvalue weighted by atomic mass is 10.2. The third-order valence-electron chi connectivity index (χ3n) is 5.28. The van der Waals surface area contributed by atoms with Crippen molar-refractivity contribution in [1.82, 2.24) is 14.3 Å². The molecule has 1 saturated heterocycles. The van der Waals surface area contributed by atoms with Crippen molar-refractivity contribution in [2.45, 2.75) is 33.2 Å². The minimum absolute atomic E-state index is 0.0346. The zero-order valence-electron chi connectivity index (χ0n) is 18.0. The Bertz CT molecular complexity index is 1390. The minimum atomic E-state index is -0.377. The van der Waals surface area contributed by atoms with E-state index in [0.29, 0.717) is 19.9 Å². The molecule has 0 saturated carbocycles. The number of hydrogen-bond acceptors (Lipinski definition) is 6.